The average molecular weight is 367 g/mol. The van der Waals surface area contributed by atoms with Crippen molar-refractivity contribution >= 4 is 38.3 Å². The molecule has 0 aliphatic heterocycles. The number of nitro groups is 1. The van der Waals surface area contributed by atoms with Gasteiger partial charge in [-0.2, -0.15) is 0 Å². The van der Waals surface area contributed by atoms with Crippen molar-refractivity contribution in [1.82, 2.24) is 5.32 Å². The molecule has 1 aromatic heterocycles. The summed E-state index contributed by atoms with van der Waals surface area (Å²) >= 11 is 0.967. The van der Waals surface area contributed by atoms with Crippen molar-refractivity contribution in [1.29, 1.82) is 0 Å². The Morgan fingerprint density at radius 2 is 1.92 bits per heavy atom. The zero-order valence-corrected chi connectivity index (χ0v) is 13.8. The summed E-state index contributed by atoms with van der Waals surface area (Å²) in [6.07, 6.45) is 2.76. The fourth-order valence-electron chi connectivity index (χ4n) is 1.73. The van der Waals surface area contributed by atoms with Crippen molar-refractivity contribution in [3.63, 3.8) is 0 Å². The quantitative estimate of drug-likeness (QED) is 0.455. The highest BCUT2D eigenvalue weighted by molar-refractivity contribution is 7.89. The van der Waals surface area contributed by atoms with Crippen LogP contribution < -0.4 is 10.5 Å². The van der Waals surface area contributed by atoms with Crippen molar-refractivity contribution < 1.29 is 18.1 Å². The lowest BCUT2D eigenvalue weighted by atomic mass is 10.2. The van der Waals surface area contributed by atoms with E-state index in [0.29, 0.717) is 10.4 Å². The van der Waals surface area contributed by atoms with Crippen LogP contribution in [0, 0.1) is 10.1 Å². The largest absolute Gasteiger partial charge is 0.348 e. The number of rotatable bonds is 6. The number of hydrogen-bond donors (Lipinski definition) is 2. The summed E-state index contributed by atoms with van der Waals surface area (Å²) in [6.45, 7) is 0.207. The van der Waals surface area contributed by atoms with E-state index in [1.165, 1.54) is 30.4 Å². The number of primary sulfonamides is 1. The second kappa shape index (κ2) is 7.34. The molecule has 126 valence electrons. The van der Waals surface area contributed by atoms with Gasteiger partial charge in [-0.15, -0.1) is 0 Å². The van der Waals surface area contributed by atoms with Crippen molar-refractivity contribution in [3.8, 4) is 0 Å². The first-order valence-corrected chi connectivity index (χ1v) is 8.94. The predicted molar refractivity (Wildman–Crippen MR) is 89.7 cm³/mol. The lowest BCUT2D eigenvalue weighted by Gasteiger charge is -2.03. The minimum atomic E-state index is -3.74. The van der Waals surface area contributed by atoms with E-state index in [1.54, 1.807) is 18.2 Å². The molecule has 0 aliphatic rings. The summed E-state index contributed by atoms with van der Waals surface area (Å²) in [5.41, 5.74) is 0.705. The van der Waals surface area contributed by atoms with E-state index in [1.807, 2.05) is 0 Å². The van der Waals surface area contributed by atoms with Crippen molar-refractivity contribution in [3.05, 3.63) is 63.0 Å². The number of nitrogens with one attached hydrogen (secondary N) is 1. The fourth-order valence-corrected chi connectivity index (χ4v) is 2.97. The highest BCUT2D eigenvalue weighted by Gasteiger charge is 2.08. The zero-order valence-electron chi connectivity index (χ0n) is 12.2. The maximum Gasteiger partial charge on any atom is 0.324 e. The van der Waals surface area contributed by atoms with Crippen LogP contribution in [-0.2, 0) is 21.4 Å². The normalized spacial score (nSPS) is 11.5. The molecule has 0 aliphatic carbocycles. The third-order valence-electron chi connectivity index (χ3n) is 2.91. The summed E-state index contributed by atoms with van der Waals surface area (Å²) < 4.78 is 22.3. The van der Waals surface area contributed by atoms with E-state index >= 15 is 0 Å². The molecule has 0 spiro atoms. The SMILES string of the molecule is NS(=O)(=O)c1ccc(CNC(=O)/C=C/c2ccc([N+](=O)[O-])s2)cc1. The molecular weight excluding hydrogens is 354 g/mol. The Morgan fingerprint density at radius 3 is 2.46 bits per heavy atom. The number of nitrogens with zero attached hydrogens (tertiary/aromatic N) is 1. The molecule has 0 saturated carbocycles. The van der Waals surface area contributed by atoms with Gasteiger partial charge >= 0.3 is 5.00 Å². The number of amides is 1. The minimum Gasteiger partial charge on any atom is -0.348 e. The van der Waals surface area contributed by atoms with E-state index in [2.05, 4.69) is 5.32 Å². The van der Waals surface area contributed by atoms with Crippen LogP contribution in [0.1, 0.15) is 10.4 Å². The predicted octanol–water partition coefficient (Wildman–Crippen LogP) is 1.63. The lowest BCUT2D eigenvalue weighted by Crippen LogP contribution is -2.20. The molecule has 24 heavy (non-hydrogen) atoms. The van der Waals surface area contributed by atoms with Crippen LogP contribution >= 0.6 is 11.3 Å². The molecule has 1 heterocycles. The second-order valence-corrected chi connectivity index (χ2v) is 7.33. The highest BCUT2D eigenvalue weighted by atomic mass is 32.2. The molecule has 0 atom stereocenters. The van der Waals surface area contributed by atoms with Crippen LogP contribution in [0.25, 0.3) is 6.08 Å². The van der Waals surface area contributed by atoms with Gasteiger partial charge in [0, 0.05) is 23.6 Å². The van der Waals surface area contributed by atoms with Crippen LogP contribution in [0.4, 0.5) is 5.00 Å². The van der Waals surface area contributed by atoms with Gasteiger partial charge in [0.2, 0.25) is 15.9 Å². The van der Waals surface area contributed by atoms with Gasteiger partial charge in [-0.1, -0.05) is 23.5 Å². The third kappa shape index (κ3) is 4.98. The Labute approximate surface area is 141 Å². The maximum atomic E-state index is 11.7. The summed E-state index contributed by atoms with van der Waals surface area (Å²) in [4.78, 5) is 22.4. The van der Waals surface area contributed by atoms with Gasteiger partial charge < -0.3 is 5.32 Å². The Kier molecular flexibility index (Phi) is 5.44. The third-order valence-corrected chi connectivity index (χ3v) is 4.84. The Hall–Kier alpha value is -2.56. The summed E-state index contributed by atoms with van der Waals surface area (Å²) in [5, 5.41) is 18.2. The summed E-state index contributed by atoms with van der Waals surface area (Å²) in [7, 11) is -3.74. The molecule has 0 fully saturated rings. The van der Waals surface area contributed by atoms with Gasteiger partial charge in [0.25, 0.3) is 0 Å². The topological polar surface area (TPSA) is 132 Å². The molecule has 2 rings (SSSR count). The molecule has 0 saturated heterocycles. The highest BCUT2D eigenvalue weighted by Crippen LogP contribution is 2.24. The van der Waals surface area contributed by atoms with Crippen LogP contribution in [0.15, 0.2) is 47.4 Å². The zero-order chi connectivity index (χ0) is 17.7. The van der Waals surface area contributed by atoms with Crippen molar-refractivity contribution in [2.75, 3.05) is 0 Å². The van der Waals surface area contributed by atoms with Crippen molar-refractivity contribution in [2.45, 2.75) is 11.4 Å². The van der Waals surface area contributed by atoms with Gasteiger partial charge in [0.1, 0.15) is 0 Å². The molecule has 8 nitrogen and oxygen atoms in total. The molecule has 10 heteroatoms. The van der Waals surface area contributed by atoms with Crippen molar-refractivity contribution in [2.24, 2.45) is 5.14 Å². The monoisotopic (exact) mass is 367 g/mol. The Bertz CT molecular complexity index is 885. The second-order valence-electron chi connectivity index (χ2n) is 4.67. The van der Waals surface area contributed by atoms with Crippen LogP contribution in [0.2, 0.25) is 0 Å². The molecule has 2 aromatic rings. The molecule has 0 bridgehead atoms. The molecular formula is C14H13N3O5S2. The Balaban J connectivity index is 1.90. The standard InChI is InChI=1S/C14H13N3O5S2/c15-24(21,22)12-5-1-10(2-6-12)9-16-13(18)7-3-11-4-8-14(23-11)17(19)20/h1-8H,9H2,(H,16,18)(H2,15,21,22)/b7-3+. The minimum absolute atomic E-state index is 0.00300. The number of thiophene rings is 1. The first-order valence-electron chi connectivity index (χ1n) is 6.57. The number of carbonyl (C=O) groups is 1. The first kappa shape index (κ1) is 17.8. The van der Waals surface area contributed by atoms with Crippen LogP contribution in [0.3, 0.4) is 0 Å². The smallest absolute Gasteiger partial charge is 0.324 e. The molecule has 1 aromatic carbocycles. The van der Waals surface area contributed by atoms with Gasteiger partial charge in [-0.05, 0) is 29.8 Å². The van der Waals surface area contributed by atoms with Gasteiger partial charge in [-0.25, -0.2) is 13.6 Å². The van der Waals surface area contributed by atoms with E-state index in [4.69, 9.17) is 5.14 Å². The summed E-state index contributed by atoms with van der Waals surface area (Å²) in [6, 6.07) is 8.74. The number of hydrogen-bond acceptors (Lipinski definition) is 6. The van der Waals surface area contributed by atoms with E-state index in [0.717, 1.165) is 11.3 Å². The number of nitrogens with two attached hydrogens (primary N) is 1. The number of benzene rings is 1. The fraction of sp³-hybridized carbons (Fsp3) is 0.0714. The molecule has 3 N–H and O–H groups in total. The number of sulfonamides is 1. The molecule has 0 unspecified atom stereocenters. The first-order chi connectivity index (χ1) is 11.3. The molecule has 0 radical (unpaired) electrons. The van der Waals surface area contributed by atoms with E-state index in [9.17, 15) is 23.3 Å². The molecule has 1 amide bonds. The lowest BCUT2D eigenvalue weighted by molar-refractivity contribution is -0.380. The maximum absolute atomic E-state index is 11.7. The van der Waals surface area contributed by atoms with Crippen LogP contribution in [-0.4, -0.2) is 19.2 Å². The Morgan fingerprint density at radius 1 is 1.25 bits per heavy atom. The summed E-state index contributed by atoms with van der Waals surface area (Å²) in [5.74, 6) is -0.374. The number of carbonyl (C=O) groups excluding carboxylic acids is 1. The van der Waals surface area contributed by atoms with Gasteiger partial charge in [-0.3, -0.25) is 14.9 Å². The van der Waals surface area contributed by atoms with Gasteiger partial charge in [0.05, 0.1) is 9.82 Å². The van der Waals surface area contributed by atoms with Gasteiger partial charge in [0.15, 0.2) is 0 Å². The van der Waals surface area contributed by atoms with E-state index in [-0.39, 0.29) is 22.3 Å². The average Bonchev–Trinajstić information content (AvgIpc) is 3.00. The van der Waals surface area contributed by atoms with E-state index < -0.39 is 14.9 Å². The van der Waals surface area contributed by atoms with Crippen LogP contribution in [0.5, 0.6) is 0 Å².